The van der Waals surface area contributed by atoms with E-state index >= 15 is 0 Å². The van der Waals surface area contributed by atoms with Crippen LogP contribution in [0.1, 0.15) is 72.6 Å². The molecule has 4 N–H and O–H groups in total. The number of amides is 1. The molecule has 2 saturated carbocycles. The molecule has 1 amide bonds. The Morgan fingerprint density at radius 3 is 2.50 bits per heavy atom. The normalized spacial score (nSPS) is 28.2. The molecular weight excluding hydrogens is 526 g/mol. The van der Waals surface area contributed by atoms with Gasteiger partial charge in [-0.2, -0.15) is 0 Å². The van der Waals surface area contributed by atoms with Crippen LogP contribution in [-0.4, -0.2) is 46.2 Å². The molecule has 1 atom stereocenters. The number of aromatic amines is 1. The van der Waals surface area contributed by atoms with Crippen LogP contribution in [0.2, 0.25) is 5.02 Å². The molecule has 1 aliphatic heterocycles. The van der Waals surface area contributed by atoms with Gasteiger partial charge in [0, 0.05) is 58.7 Å². The van der Waals surface area contributed by atoms with E-state index in [0.717, 1.165) is 49.1 Å². The van der Waals surface area contributed by atoms with E-state index in [1.807, 2.05) is 33.1 Å². The number of pyridine rings is 1. The summed E-state index contributed by atoms with van der Waals surface area (Å²) >= 11 is 8.08. The summed E-state index contributed by atoms with van der Waals surface area (Å²) in [5, 5.41) is 16.4. The van der Waals surface area contributed by atoms with Gasteiger partial charge in [-0.1, -0.05) is 11.6 Å². The number of carbonyl (C=O) groups excluding carboxylic acids is 1. The first-order chi connectivity index (χ1) is 18.1. The molecule has 0 radical (unpaired) electrons. The third-order valence-electron chi connectivity index (χ3n) is 8.22. The molecule has 10 heteroatoms. The number of aliphatic hydroxyl groups excluding tert-OH is 1. The van der Waals surface area contributed by atoms with Crippen molar-refractivity contribution >= 4 is 29.3 Å². The van der Waals surface area contributed by atoms with Crippen molar-refractivity contribution in [2.24, 2.45) is 5.92 Å². The molecule has 5 rings (SSSR count). The topological polar surface area (TPSA) is 113 Å². The van der Waals surface area contributed by atoms with Gasteiger partial charge in [-0.25, -0.2) is 0 Å². The SMILES string of the molecule is CSc1cc(C)[nH]c(=O)c1CNC(=O)c1cc(Cl)c2c(c1C)O[C@@](C)(C1CCC(NC3CC(O)C3)CC1)O2. The number of carbonyl (C=O) groups is 1. The maximum atomic E-state index is 13.2. The number of aromatic nitrogens is 1. The molecule has 2 aliphatic carbocycles. The Hall–Kier alpha value is -2.20. The first-order valence-electron chi connectivity index (χ1n) is 13.3. The van der Waals surface area contributed by atoms with Gasteiger partial charge in [-0.05, 0) is 70.8 Å². The van der Waals surface area contributed by atoms with Gasteiger partial charge in [0.2, 0.25) is 0 Å². The monoisotopic (exact) mass is 561 g/mol. The lowest BCUT2D eigenvalue weighted by atomic mass is 9.80. The first kappa shape index (κ1) is 27.4. The van der Waals surface area contributed by atoms with Crippen LogP contribution < -0.4 is 25.7 Å². The van der Waals surface area contributed by atoms with Crippen LogP contribution in [0.25, 0.3) is 0 Å². The number of aryl methyl sites for hydroxylation is 1. The summed E-state index contributed by atoms with van der Waals surface area (Å²) in [6, 6.07) is 4.39. The largest absolute Gasteiger partial charge is 0.448 e. The number of fused-ring (bicyclic) bond motifs is 1. The predicted molar refractivity (Wildman–Crippen MR) is 149 cm³/mol. The molecular formula is C28H36ClN3O5S. The molecule has 38 heavy (non-hydrogen) atoms. The number of aliphatic hydroxyl groups is 1. The van der Waals surface area contributed by atoms with Gasteiger partial charge in [0.25, 0.3) is 17.3 Å². The van der Waals surface area contributed by atoms with E-state index < -0.39 is 5.79 Å². The summed E-state index contributed by atoms with van der Waals surface area (Å²) in [5.74, 6) is -0.0141. The van der Waals surface area contributed by atoms with Gasteiger partial charge >= 0.3 is 0 Å². The van der Waals surface area contributed by atoms with E-state index in [4.69, 9.17) is 21.1 Å². The minimum atomic E-state index is -0.855. The molecule has 8 nitrogen and oxygen atoms in total. The zero-order valence-corrected chi connectivity index (χ0v) is 23.9. The fraction of sp³-hybridized carbons (Fsp3) is 0.571. The van der Waals surface area contributed by atoms with Gasteiger partial charge in [0.15, 0.2) is 11.5 Å². The van der Waals surface area contributed by atoms with Crippen LogP contribution in [-0.2, 0) is 6.54 Å². The highest BCUT2D eigenvalue weighted by Gasteiger charge is 2.47. The van der Waals surface area contributed by atoms with Gasteiger partial charge in [0.1, 0.15) is 0 Å². The second kappa shape index (κ2) is 10.8. The number of halogens is 1. The highest BCUT2D eigenvalue weighted by molar-refractivity contribution is 7.98. The summed E-state index contributed by atoms with van der Waals surface area (Å²) in [4.78, 5) is 29.3. The summed E-state index contributed by atoms with van der Waals surface area (Å²) in [6.45, 7) is 5.72. The molecule has 0 unspecified atom stereocenters. The maximum Gasteiger partial charge on any atom is 0.254 e. The van der Waals surface area contributed by atoms with E-state index in [2.05, 4.69) is 15.6 Å². The molecule has 1 aromatic carbocycles. The fourth-order valence-corrected chi connectivity index (χ4v) is 6.83. The van der Waals surface area contributed by atoms with Gasteiger partial charge in [-0.3, -0.25) is 9.59 Å². The molecule has 0 saturated heterocycles. The van der Waals surface area contributed by atoms with E-state index in [0.29, 0.717) is 45.3 Å². The van der Waals surface area contributed by atoms with Crippen molar-refractivity contribution in [2.75, 3.05) is 6.26 Å². The quantitative estimate of drug-likeness (QED) is 0.369. The Morgan fingerprint density at radius 1 is 1.16 bits per heavy atom. The fourth-order valence-electron chi connectivity index (χ4n) is 5.89. The Labute approximate surface area is 232 Å². The van der Waals surface area contributed by atoms with Gasteiger partial charge in [0.05, 0.1) is 11.1 Å². The Kier molecular flexibility index (Phi) is 7.75. The number of hydrogen-bond acceptors (Lipinski definition) is 7. The number of benzene rings is 1. The number of thioether (sulfide) groups is 1. The lowest BCUT2D eigenvalue weighted by Crippen LogP contribution is -2.51. The second-order valence-corrected chi connectivity index (χ2v) is 12.2. The zero-order valence-electron chi connectivity index (χ0n) is 22.3. The van der Waals surface area contributed by atoms with Crippen molar-refractivity contribution in [1.82, 2.24) is 15.6 Å². The minimum Gasteiger partial charge on any atom is -0.448 e. The standard InChI is InChI=1S/C28H36ClN3O5S/c1-14-9-23(38-4)21(27(35)31-14)13-30-26(34)20-12-22(29)25-24(15(20)2)36-28(3,37-25)16-5-7-17(8-6-16)32-18-10-19(33)11-18/h9,12,16-19,32-33H,5-8,10-11,13H2,1-4H3,(H,30,34)(H,31,35)/t16?,17?,18?,19?,28-/m1/s1. The van der Waals surface area contributed by atoms with E-state index in [-0.39, 0.29) is 30.0 Å². The predicted octanol–water partition coefficient (Wildman–Crippen LogP) is 4.46. The van der Waals surface area contributed by atoms with Crippen LogP contribution in [0.3, 0.4) is 0 Å². The van der Waals surface area contributed by atoms with Crippen LogP contribution in [0.5, 0.6) is 11.5 Å². The molecule has 2 heterocycles. The zero-order chi connectivity index (χ0) is 27.2. The highest BCUT2D eigenvalue weighted by Crippen LogP contribution is 2.51. The molecule has 2 aromatic rings. The van der Waals surface area contributed by atoms with Gasteiger partial charge < -0.3 is 30.2 Å². The third kappa shape index (κ3) is 5.30. The number of ether oxygens (including phenoxy) is 2. The first-order valence-corrected chi connectivity index (χ1v) is 14.9. The average Bonchev–Trinajstić information content (AvgIpc) is 3.24. The highest BCUT2D eigenvalue weighted by atomic mass is 35.5. The smallest absolute Gasteiger partial charge is 0.254 e. The molecule has 206 valence electrons. The summed E-state index contributed by atoms with van der Waals surface area (Å²) in [7, 11) is 0. The van der Waals surface area contributed by atoms with Crippen molar-refractivity contribution in [3.05, 3.63) is 49.9 Å². The van der Waals surface area contributed by atoms with Gasteiger partial charge in [-0.15, -0.1) is 11.8 Å². The van der Waals surface area contributed by atoms with Crippen molar-refractivity contribution < 1.29 is 19.4 Å². The molecule has 0 bridgehead atoms. The average molecular weight is 562 g/mol. The molecule has 2 fully saturated rings. The second-order valence-electron chi connectivity index (χ2n) is 11.0. The van der Waals surface area contributed by atoms with Crippen molar-refractivity contribution in [2.45, 2.75) is 94.7 Å². The van der Waals surface area contributed by atoms with Crippen LogP contribution >= 0.6 is 23.4 Å². The third-order valence-corrected chi connectivity index (χ3v) is 9.31. The summed E-state index contributed by atoms with van der Waals surface area (Å²) in [6.07, 6.45) is 7.37. The number of nitrogens with one attached hydrogen (secondary N) is 3. The van der Waals surface area contributed by atoms with E-state index in [1.165, 1.54) is 11.8 Å². The van der Waals surface area contributed by atoms with Crippen molar-refractivity contribution in [1.29, 1.82) is 0 Å². The van der Waals surface area contributed by atoms with Crippen molar-refractivity contribution in [3.63, 3.8) is 0 Å². The van der Waals surface area contributed by atoms with E-state index in [9.17, 15) is 14.7 Å². The van der Waals surface area contributed by atoms with Crippen molar-refractivity contribution in [3.8, 4) is 11.5 Å². The molecule has 1 aromatic heterocycles. The molecule has 0 spiro atoms. The number of H-pyrrole nitrogens is 1. The Morgan fingerprint density at radius 2 is 1.84 bits per heavy atom. The Bertz CT molecular complexity index is 1290. The summed E-state index contributed by atoms with van der Waals surface area (Å²) < 4.78 is 12.8. The van der Waals surface area contributed by atoms with Crippen LogP contribution in [0, 0.1) is 19.8 Å². The minimum absolute atomic E-state index is 0.102. The summed E-state index contributed by atoms with van der Waals surface area (Å²) in [5.41, 5.74) is 2.14. The lowest BCUT2D eigenvalue weighted by Gasteiger charge is -2.40. The lowest BCUT2D eigenvalue weighted by molar-refractivity contribution is -0.121. The molecule has 3 aliphatic rings. The number of hydrogen-bond donors (Lipinski definition) is 4. The maximum absolute atomic E-state index is 13.2. The Balaban J connectivity index is 1.26. The number of rotatable bonds is 7. The van der Waals surface area contributed by atoms with E-state index in [1.54, 1.807) is 6.07 Å². The van der Waals surface area contributed by atoms with Crippen LogP contribution in [0.4, 0.5) is 0 Å². The van der Waals surface area contributed by atoms with Crippen LogP contribution in [0.15, 0.2) is 21.8 Å².